The van der Waals surface area contributed by atoms with Crippen LogP contribution in [-0.4, -0.2) is 33.7 Å². The van der Waals surface area contributed by atoms with E-state index < -0.39 is 32.9 Å². The maximum Gasteiger partial charge on any atom is 0.318 e. The number of rotatable bonds is 7. The minimum atomic E-state index is -0.972. The molecule has 11 nitrogen and oxygen atoms in total. The van der Waals surface area contributed by atoms with Crippen LogP contribution < -0.4 is 10.2 Å². The van der Waals surface area contributed by atoms with Crippen molar-refractivity contribution in [2.24, 2.45) is 5.10 Å². The van der Waals surface area contributed by atoms with Crippen LogP contribution in [0.25, 0.3) is 0 Å². The number of hydrogen-bond acceptors (Lipinski definition) is 8. The predicted molar refractivity (Wildman–Crippen MR) is 98.8 cm³/mol. The second-order valence-electron chi connectivity index (χ2n) is 5.41. The molecule has 2 aromatic rings. The fraction of sp³-hybridized carbons (Fsp3) is 0.125. The Morgan fingerprint density at radius 3 is 2.61 bits per heavy atom. The summed E-state index contributed by atoms with van der Waals surface area (Å²) in [5.41, 5.74) is 1.06. The standard InChI is InChI=1S/C16H13ClN4O7/c1-9-4-12(2-3-13(9)17)28-8-15(22)19-18-7-10-5-11(20(24)25)6-14(16(10)23)21(26)27/h2-7,23H,8H2,1H3,(H,19,22)/b18-7-. The van der Waals surface area contributed by atoms with E-state index in [-0.39, 0.29) is 12.2 Å². The first-order valence-electron chi connectivity index (χ1n) is 7.55. The number of phenolic OH excluding ortho intramolecular Hbond substituents is 1. The van der Waals surface area contributed by atoms with Crippen molar-refractivity contribution in [3.8, 4) is 11.5 Å². The van der Waals surface area contributed by atoms with E-state index >= 15 is 0 Å². The van der Waals surface area contributed by atoms with E-state index in [4.69, 9.17) is 16.3 Å². The van der Waals surface area contributed by atoms with Crippen molar-refractivity contribution in [1.29, 1.82) is 0 Å². The van der Waals surface area contributed by atoms with Gasteiger partial charge < -0.3 is 9.84 Å². The number of aryl methyl sites for hydroxylation is 1. The van der Waals surface area contributed by atoms with Crippen LogP contribution in [0.3, 0.4) is 0 Å². The van der Waals surface area contributed by atoms with Crippen molar-refractivity contribution in [3.63, 3.8) is 0 Å². The molecule has 0 unspecified atom stereocenters. The van der Waals surface area contributed by atoms with Crippen LogP contribution in [0, 0.1) is 27.2 Å². The number of ether oxygens (including phenoxy) is 1. The van der Waals surface area contributed by atoms with Gasteiger partial charge in [-0.25, -0.2) is 5.43 Å². The van der Waals surface area contributed by atoms with Crippen LogP contribution >= 0.6 is 11.6 Å². The first-order chi connectivity index (χ1) is 13.2. The Kier molecular flexibility index (Phi) is 6.45. The molecule has 0 bridgehead atoms. The largest absolute Gasteiger partial charge is 0.502 e. The molecule has 0 aliphatic rings. The predicted octanol–water partition coefficient (Wildman–Crippen LogP) is 2.70. The van der Waals surface area contributed by atoms with Crippen molar-refractivity contribution in [3.05, 3.63) is 66.7 Å². The molecule has 0 saturated heterocycles. The van der Waals surface area contributed by atoms with Gasteiger partial charge in [-0.1, -0.05) is 11.6 Å². The number of phenols is 1. The first-order valence-corrected chi connectivity index (χ1v) is 7.93. The van der Waals surface area contributed by atoms with Crippen LogP contribution in [0.4, 0.5) is 11.4 Å². The van der Waals surface area contributed by atoms with Gasteiger partial charge in [0.25, 0.3) is 11.6 Å². The van der Waals surface area contributed by atoms with Gasteiger partial charge in [0.15, 0.2) is 6.61 Å². The monoisotopic (exact) mass is 408 g/mol. The van der Waals surface area contributed by atoms with Crippen LogP contribution in [-0.2, 0) is 4.79 Å². The van der Waals surface area contributed by atoms with Gasteiger partial charge in [0.1, 0.15) is 5.75 Å². The van der Waals surface area contributed by atoms with Crippen molar-refractivity contribution in [2.75, 3.05) is 6.61 Å². The summed E-state index contributed by atoms with van der Waals surface area (Å²) in [7, 11) is 0. The molecule has 28 heavy (non-hydrogen) atoms. The Morgan fingerprint density at radius 2 is 2.00 bits per heavy atom. The molecule has 0 radical (unpaired) electrons. The summed E-state index contributed by atoms with van der Waals surface area (Å²) >= 11 is 5.89. The number of benzene rings is 2. The highest BCUT2D eigenvalue weighted by Crippen LogP contribution is 2.33. The molecule has 2 aromatic carbocycles. The van der Waals surface area contributed by atoms with E-state index in [9.17, 15) is 30.1 Å². The number of nitrogens with one attached hydrogen (secondary N) is 1. The van der Waals surface area contributed by atoms with E-state index in [0.29, 0.717) is 16.8 Å². The average Bonchev–Trinajstić information content (AvgIpc) is 2.63. The van der Waals surface area contributed by atoms with Crippen LogP contribution in [0.5, 0.6) is 11.5 Å². The van der Waals surface area contributed by atoms with Crippen molar-refractivity contribution in [2.45, 2.75) is 6.92 Å². The highest BCUT2D eigenvalue weighted by atomic mass is 35.5. The number of amides is 1. The van der Waals surface area contributed by atoms with Crippen LogP contribution in [0.2, 0.25) is 5.02 Å². The van der Waals surface area contributed by atoms with Crippen molar-refractivity contribution < 1.29 is 24.5 Å². The maximum atomic E-state index is 11.7. The molecule has 2 N–H and O–H groups in total. The Bertz CT molecular complexity index is 978. The first kappa shape index (κ1) is 20.6. The van der Waals surface area contributed by atoms with Gasteiger partial charge >= 0.3 is 5.69 Å². The number of non-ortho nitro benzene ring substituents is 1. The lowest BCUT2D eigenvalue weighted by molar-refractivity contribution is -0.394. The lowest BCUT2D eigenvalue weighted by Gasteiger charge is -2.06. The Morgan fingerprint density at radius 1 is 1.29 bits per heavy atom. The summed E-state index contributed by atoms with van der Waals surface area (Å²) in [4.78, 5) is 31.6. The summed E-state index contributed by atoms with van der Waals surface area (Å²) in [5, 5.41) is 35.6. The summed E-state index contributed by atoms with van der Waals surface area (Å²) in [6, 6.07) is 6.32. The summed E-state index contributed by atoms with van der Waals surface area (Å²) in [6.45, 7) is 1.38. The Balaban J connectivity index is 2.05. The topological polar surface area (TPSA) is 157 Å². The van der Waals surface area contributed by atoms with Gasteiger partial charge in [-0.3, -0.25) is 25.0 Å². The summed E-state index contributed by atoms with van der Waals surface area (Å²) < 4.78 is 5.26. The lowest BCUT2D eigenvalue weighted by Crippen LogP contribution is -2.24. The summed E-state index contributed by atoms with van der Waals surface area (Å²) in [6.07, 6.45) is 0.847. The number of nitro benzene ring substituents is 2. The molecule has 1 amide bonds. The molecule has 0 aliphatic carbocycles. The molecule has 0 aliphatic heterocycles. The van der Waals surface area contributed by atoms with Gasteiger partial charge in [0.2, 0.25) is 5.75 Å². The van der Waals surface area contributed by atoms with E-state index in [0.717, 1.165) is 17.8 Å². The smallest absolute Gasteiger partial charge is 0.318 e. The molecule has 0 aromatic heterocycles. The van der Waals surface area contributed by atoms with Crippen LogP contribution in [0.15, 0.2) is 35.4 Å². The molecule has 2 rings (SSSR count). The van der Waals surface area contributed by atoms with Gasteiger partial charge in [0.05, 0.1) is 27.7 Å². The van der Waals surface area contributed by atoms with E-state index in [2.05, 4.69) is 10.5 Å². The van der Waals surface area contributed by atoms with Crippen molar-refractivity contribution in [1.82, 2.24) is 5.43 Å². The zero-order valence-corrected chi connectivity index (χ0v) is 15.0. The van der Waals surface area contributed by atoms with Gasteiger partial charge in [-0.2, -0.15) is 5.10 Å². The minimum Gasteiger partial charge on any atom is -0.502 e. The number of halogens is 1. The van der Waals surface area contributed by atoms with E-state index in [1.165, 1.54) is 0 Å². The highest BCUT2D eigenvalue weighted by molar-refractivity contribution is 6.31. The molecule has 0 atom stereocenters. The number of hydrazone groups is 1. The van der Waals surface area contributed by atoms with Gasteiger partial charge in [-0.15, -0.1) is 0 Å². The third-order valence-electron chi connectivity index (χ3n) is 3.40. The third-order valence-corrected chi connectivity index (χ3v) is 3.83. The molecular formula is C16H13ClN4O7. The number of nitro groups is 2. The number of carbonyl (C=O) groups is 1. The Hall–Kier alpha value is -3.73. The van der Waals surface area contributed by atoms with Crippen LogP contribution in [0.1, 0.15) is 11.1 Å². The molecule has 0 heterocycles. The molecule has 0 saturated carbocycles. The number of nitrogens with zero attached hydrogens (tertiary/aromatic N) is 3. The SMILES string of the molecule is Cc1cc(OCC(=O)N/N=C\c2cc([N+](=O)[O-])cc([N+](=O)[O-])c2O)ccc1Cl. The minimum absolute atomic E-state index is 0.310. The molecule has 146 valence electrons. The second kappa shape index (κ2) is 8.77. The number of hydrogen-bond donors (Lipinski definition) is 2. The zero-order chi connectivity index (χ0) is 20.8. The summed E-state index contributed by atoms with van der Waals surface area (Å²) in [5.74, 6) is -1.07. The van der Waals surface area contributed by atoms with E-state index in [1.54, 1.807) is 25.1 Å². The quantitative estimate of drug-likeness (QED) is 0.405. The Labute approximate surface area is 162 Å². The van der Waals surface area contributed by atoms with E-state index in [1.807, 2.05) is 0 Å². The lowest BCUT2D eigenvalue weighted by atomic mass is 10.1. The molecule has 0 fully saturated rings. The number of aromatic hydroxyl groups is 1. The second-order valence-corrected chi connectivity index (χ2v) is 5.82. The third kappa shape index (κ3) is 5.14. The average molecular weight is 409 g/mol. The molecule has 12 heteroatoms. The maximum absolute atomic E-state index is 11.7. The van der Waals surface area contributed by atoms with Crippen molar-refractivity contribution >= 4 is 35.1 Å². The fourth-order valence-corrected chi connectivity index (χ4v) is 2.15. The zero-order valence-electron chi connectivity index (χ0n) is 14.3. The number of carbonyl (C=O) groups excluding carboxylic acids is 1. The normalized spacial score (nSPS) is 10.6. The van der Waals surface area contributed by atoms with Gasteiger partial charge in [-0.05, 0) is 30.7 Å². The molecular weight excluding hydrogens is 396 g/mol. The highest BCUT2D eigenvalue weighted by Gasteiger charge is 2.23. The molecule has 0 spiro atoms. The fourth-order valence-electron chi connectivity index (χ4n) is 2.03. The van der Waals surface area contributed by atoms with Gasteiger partial charge in [0, 0.05) is 11.1 Å².